The molecule has 0 nitrogen and oxygen atoms in total. The Bertz CT molecular complexity index is 7680. The van der Waals surface area contributed by atoms with Crippen molar-refractivity contribution in [3.8, 4) is 89.0 Å². The smallest absolute Gasteiger partial charge is 0.00199 e. The van der Waals surface area contributed by atoms with Crippen molar-refractivity contribution in [2.75, 3.05) is 0 Å². The normalized spacial score (nSPS) is 11.8. The van der Waals surface area contributed by atoms with E-state index in [0.29, 0.717) is 0 Å². The molecule has 0 atom stereocenters. The highest BCUT2D eigenvalue weighted by molar-refractivity contribution is 6.28. The zero-order chi connectivity index (χ0) is 73.7. The van der Waals surface area contributed by atoms with Gasteiger partial charge < -0.3 is 0 Å². The van der Waals surface area contributed by atoms with Gasteiger partial charge in [0.1, 0.15) is 0 Å². The van der Waals surface area contributed by atoms with Gasteiger partial charge in [0.15, 0.2) is 0 Å². The third-order valence-electron chi connectivity index (χ3n) is 23.8. The van der Waals surface area contributed by atoms with Crippen molar-refractivity contribution in [3.63, 3.8) is 0 Å². The molecule has 0 spiro atoms. The summed E-state index contributed by atoms with van der Waals surface area (Å²) in [6, 6.07) is 157. The lowest BCUT2D eigenvalue weighted by Gasteiger charge is -2.20. The first kappa shape index (κ1) is 64.6. The number of fused-ring (bicyclic) bond motifs is 16. The summed E-state index contributed by atoms with van der Waals surface area (Å²) in [6.07, 6.45) is 0. The van der Waals surface area contributed by atoms with E-state index in [-0.39, 0.29) is 0 Å². The summed E-state index contributed by atoms with van der Waals surface area (Å²) in [4.78, 5) is 0. The van der Waals surface area contributed by atoms with Crippen molar-refractivity contribution in [3.05, 3.63) is 425 Å². The highest BCUT2D eigenvalue weighted by Gasteiger charge is 2.23. The fraction of sp³-hybridized carbons (Fsp3) is 0. The van der Waals surface area contributed by atoms with E-state index in [0.717, 1.165) is 0 Å². The minimum Gasteiger partial charge on any atom is -0.0616 e. The largest absolute Gasteiger partial charge is 0.0616 e. The van der Waals surface area contributed by atoms with Crippen LogP contribution in [-0.2, 0) is 0 Å². The van der Waals surface area contributed by atoms with Gasteiger partial charge in [0.05, 0.1) is 0 Å². The van der Waals surface area contributed by atoms with Gasteiger partial charge >= 0.3 is 0 Å². The molecular weight excluding hydrogens is 1350 g/mol. The van der Waals surface area contributed by atoms with Gasteiger partial charge in [-0.25, -0.2) is 0 Å². The summed E-state index contributed by atoms with van der Waals surface area (Å²) in [5.41, 5.74) is 20.0. The van der Waals surface area contributed by atoms with Gasteiger partial charge in [0.25, 0.3) is 0 Å². The molecule has 0 saturated heterocycles. The molecule has 23 rings (SSSR count). The summed E-state index contributed by atoms with van der Waals surface area (Å²) in [7, 11) is 0. The van der Waals surface area contributed by atoms with Gasteiger partial charge in [-0.3, -0.25) is 0 Å². The fourth-order valence-electron chi connectivity index (χ4n) is 18.5. The molecule has 0 saturated carbocycles. The van der Waals surface area contributed by atoms with Crippen molar-refractivity contribution >= 4 is 140 Å². The van der Waals surface area contributed by atoms with E-state index in [4.69, 9.17) is 0 Å². The SMILES string of the molecule is c1ccc2c(c1)cc(-c1ccc(-c3ccc4ccc(-c5c6ccccc6c(-c6cc7ccccc7c7ccccc67)c6ccccc56)cc4c3)cc1)c1ccccc12.c1ccc2cc(-c3ccc(-c4ccc5ccc(-c6c7ccccc7c(-c7cc8ccccc8c8ccccc78)c7ccccc67)cc5c4)cc3)ccc2c1. The van der Waals surface area contributed by atoms with E-state index in [9.17, 15) is 0 Å². The summed E-state index contributed by atoms with van der Waals surface area (Å²) in [6.45, 7) is 0. The minimum absolute atomic E-state index is 1.21. The van der Waals surface area contributed by atoms with Crippen LogP contribution in [0.3, 0.4) is 0 Å². The average molecular weight is 1420 g/mol. The molecule has 0 aliphatic rings. The van der Waals surface area contributed by atoms with E-state index in [1.807, 2.05) is 0 Å². The van der Waals surface area contributed by atoms with Crippen molar-refractivity contribution < 1.29 is 0 Å². The van der Waals surface area contributed by atoms with E-state index >= 15 is 0 Å². The molecule has 112 heavy (non-hydrogen) atoms. The maximum absolute atomic E-state index is 2.40. The molecular formula is C112H70. The van der Waals surface area contributed by atoms with Crippen LogP contribution in [-0.4, -0.2) is 0 Å². The zero-order valence-electron chi connectivity index (χ0n) is 61.4. The standard InChI is InChI=1S/C58H36.C54H34/c1-3-15-45-41(13-1)35-55(49-19-7-5-17-47(45)49)39-29-25-37(26-30-39)40-31-27-38-28-32-43(34-44(38)33-40)57-51-21-9-11-23-53(51)58(54-24-12-10-22-52(54)57)56-36-42-14-2-4-16-46(42)48-18-6-8-20-50(48)56;1-2-12-39-31-40(28-25-35(39)11-1)36-21-23-37(24-22-36)41-29-26-38-27-30-43(33-44(38)32-41)53-48-17-7-9-19-50(48)54(51-20-10-8-18-49(51)53)52-34-42-13-3-4-14-45(42)46-15-5-6-16-47(46)52/h1-36H;1-34H. The first-order valence-corrected chi connectivity index (χ1v) is 38.9. The van der Waals surface area contributed by atoms with Gasteiger partial charge in [-0.2, -0.15) is 0 Å². The second kappa shape index (κ2) is 26.7. The highest BCUT2D eigenvalue weighted by atomic mass is 14.3. The van der Waals surface area contributed by atoms with E-state index in [1.165, 1.54) is 229 Å². The van der Waals surface area contributed by atoms with Crippen LogP contribution in [0.15, 0.2) is 425 Å². The summed E-state index contributed by atoms with van der Waals surface area (Å²) in [5.74, 6) is 0. The predicted octanol–water partition coefficient (Wildman–Crippen LogP) is 31.7. The fourth-order valence-corrected chi connectivity index (χ4v) is 18.5. The molecule has 23 aromatic carbocycles. The quantitative estimate of drug-likeness (QED) is 0.105. The van der Waals surface area contributed by atoms with Crippen molar-refractivity contribution in [1.29, 1.82) is 0 Å². The Kier molecular flexibility index (Phi) is 15.4. The summed E-state index contributed by atoms with van der Waals surface area (Å²) < 4.78 is 0. The molecule has 0 amide bonds. The van der Waals surface area contributed by atoms with Gasteiger partial charge in [0.2, 0.25) is 0 Å². The molecule has 518 valence electrons. The molecule has 0 aromatic heterocycles. The number of hydrogen-bond donors (Lipinski definition) is 0. The van der Waals surface area contributed by atoms with Gasteiger partial charge in [-0.15, -0.1) is 0 Å². The molecule has 0 unspecified atom stereocenters. The highest BCUT2D eigenvalue weighted by Crippen LogP contribution is 2.50. The Morgan fingerprint density at radius 3 is 0.634 bits per heavy atom. The van der Waals surface area contributed by atoms with Crippen LogP contribution in [0, 0.1) is 0 Å². The summed E-state index contributed by atoms with van der Waals surface area (Å²) in [5, 5.41) is 33.0. The molecule has 0 aliphatic carbocycles. The topological polar surface area (TPSA) is 0 Å². The van der Waals surface area contributed by atoms with Gasteiger partial charge in [0, 0.05) is 0 Å². The predicted molar refractivity (Wildman–Crippen MR) is 484 cm³/mol. The van der Waals surface area contributed by atoms with Crippen molar-refractivity contribution in [2.45, 2.75) is 0 Å². The molecule has 0 N–H and O–H groups in total. The lowest BCUT2D eigenvalue weighted by molar-refractivity contribution is 1.61. The van der Waals surface area contributed by atoms with Crippen LogP contribution in [0.4, 0.5) is 0 Å². The molecule has 23 aromatic rings. The van der Waals surface area contributed by atoms with Crippen LogP contribution in [0.25, 0.3) is 229 Å². The molecule has 0 heterocycles. The first-order valence-electron chi connectivity index (χ1n) is 38.9. The average Bonchev–Trinajstić information content (AvgIpc) is 0.729. The molecule has 0 heteroatoms. The Balaban J connectivity index is 0.000000138. The minimum atomic E-state index is 1.21. The van der Waals surface area contributed by atoms with Gasteiger partial charge in [-0.05, 0) is 278 Å². The van der Waals surface area contributed by atoms with Crippen LogP contribution in [0.5, 0.6) is 0 Å². The Labute approximate surface area is 649 Å². The molecule has 0 aliphatic heterocycles. The Morgan fingerprint density at radius 1 is 0.0893 bits per heavy atom. The van der Waals surface area contributed by atoms with E-state index in [2.05, 4.69) is 425 Å². The molecule has 0 fully saturated rings. The Morgan fingerprint density at radius 2 is 0.295 bits per heavy atom. The summed E-state index contributed by atoms with van der Waals surface area (Å²) >= 11 is 0. The Hall–Kier alpha value is -14.6. The molecule has 0 bridgehead atoms. The number of hydrogen-bond acceptors (Lipinski definition) is 0. The third-order valence-corrected chi connectivity index (χ3v) is 23.8. The second-order valence-electron chi connectivity index (χ2n) is 30.0. The van der Waals surface area contributed by atoms with Crippen LogP contribution in [0.1, 0.15) is 0 Å². The van der Waals surface area contributed by atoms with E-state index < -0.39 is 0 Å². The first-order chi connectivity index (χ1) is 55.5. The number of rotatable bonds is 8. The van der Waals surface area contributed by atoms with Crippen molar-refractivity contribution in [2.24, 2.45) is 0 Å². The monoisotopic (exact) mass is 1410 g/mol. The second-order valence-corrected chi connectivity index (χ2v) is 30.0. The van der Waals surface area contributed by atoms with Crippen molar-refractivity contribution in [1.82, 2.24) is 0 Å². The zero-order valence-corrected chi connectivity index (χ0v) is 61.4. The van der Waals surface area contributed by atoms with Crippen LogP contribution >= 0.6 is 0 Å². The number of benzene rings is 23. The van der Waals surface area contributed by atoms with E-state index in [1.54, 1.807) is 0 Å². The van der Waals surface area contributed by atoms with Crippen LogP contribution < -0.4 is 0 Å². The maximum Gasteiger partial charge on any atom is -0.00199 e. The lowest BCUT2D eigenvalue weighted by atomic mass is 9.83. The maximum atomic E-state index is 2.40. The lowest BCUT2D eigenvalue weighted by Crippen LogP contribution is -1.92. The van der Waals surface area contributed by atoms with Gasteiger partial charge in [-0.1, -0.05) is 376 Å². The third kappa shape index (κ3) is 10.9. The molecule has 0 radical (unpaired) electrons. The van der Waals surface area contributed by atoms with Crippen LogP contribution in [0.2, 0.25) is 0 Å².